The molecule has 4 rings (SSSR count). The first-order chi connectivity index (χ1) is 12.6. The zero-order valence-electron chi connectivity index (χ0n) is 14.9. The first-order valence-electron chi connectivity index (χ1n) is 8.45. The van der Waals surface area contributed by atoms with Gasteiger partial charge in [-0.05, 0) is 44.2 Å². The van der Waals surface area contributed by atoms with Crippen molar-refractivity contribution in [2.24, 2.45) is 0 Å². The topological polar surface area (TPSA) is 81.5 Å². The molecule has 4 aromatic rings. The molecule has 0 aliphatic heterocycles. The first-order valence-corrected chi connectivity index (χ1v) is 8.45. The van der Waals surface area contributed by atoms with Crippen molar-refractivity contribution in [1.29, 1.82) is 5.26 Å². The van der Waals surface area contributed by atoms with Crippen molar-refractivity contribution < 1.29 is 0 Å². The molecule has 0 saturated heterocycles. The second-order valence-electron chi connectivity index (χ2n) is 6.59. The van der Waals surface area contributed by atoms with E-state index in [4.69, 9.17) is 15.2 Å². The minimum absolute atomic E-state index is 0.261. The molecule has 0 aliphatic rings. The molecule has 6 nitrogen and oxygen atoms in total. The van der Waals surface area contributed by atoms with Crippen LogP contribution in [0.2, 0.25) is 0 Å². The lowest BCUT2D eigenvalue weighted by Gasteiger charge is -2.25. The Morgan fingerprint density at radius 2 is 1.92 bits per heavy atom. The molecule has 0 fully saturated rings. The second-order valence-corrected chi connectivity index (χ2v) is 6.59. The normalized spacial score (nSPS) is 11.2. The van der Waals surface area contributed by atoms with Crippen LogP contribution < -0.4 is 4.90 Å². The number of benzene rings is 2. The van der Waals surface area contributed by atoms with Gasteiger partial charge in [0.25, 0.3) is 0 Å². The van der Waals surface area contributed by atoms with Crippen LogP contribution in [0.3, 0.4) is 0 Å². The molecule has 0 unspecified atom stereocenters. The minimum atomic E-state index is 0.261. The Hall–Kier alpha value is -3.46. The third-order valence-electron chi connectivity index (χ3n) is 4.60. The first kappa shape index (κ1) is 16.0. The summed E-state index contributed by atoms with van der Waals surface area (Å²) in [6, 6.07) is 13.9. The van der Waals surface area contributed by atoms with E-state index in [0.29, 0.717) is 5.56 Å². The number of aromatic nitrogens is 4. The lowest BCUT2D eigenvalue weighted by Crippen LogP contribution is -2.27. The molecule has 0 radical (unpaired) electrons. The number of H-pyrrole nitrogens is 1. The fraction of sp³-hybridized carbons (Fsp3) is 0.200. The Kier molecular flexibility index (Phi) is 3.77. The zero-order valence-corrected chi connectivity index (χ0v) is 14.9. The van der Waals surface area contributed by atoms with Gasteiger partial charge in [-0.1, -0.05) is 6.07 Å². The predicted octanol–water partition coefficient (Wildman–Crippen LogP) is 3.89. The van der Waals surface area contributed by atoms with Crippen molar-refractivity contribution in [2.45, 2.75) is 19.9 Å². The number of nitrogens with zero attached hydrogens (tertiary/aromatic N) is 5. The van der Waals surface area contributed by atoms with Crippen molar-refractivity contribution in [1.82, 2.24) is 20.2 Å². The SMILES string of the molecule is CC(C)N(C)c1nc2cc(C#N)ccc2nc1-c1ccc2[nH]ncc2c1. The molecule has 6 heteroatoms. The highest BCUT2D eigenvalue weighted by atomic mass is 15.2. The van der Waals surface area contributed by atoms with Gasteiger partial charge in [0.15, 0.2) is 5.82 Å². The van der Waals surface area contributed by atoms with Gasteiger partial charge < -0.3 is 4.90 Å². The Morgan fingerprint density at radius 1 is 1.08 bits per heavy atom. The largest absolute Gasteiger partial charge is 0.355 e. The quantitative estimate of drug-likeness (QED) is 0.611. The molecule has 2 aromatic carbocycles. The summed E-state index contributed by atoms with van der Waals surface area (Å²) in [5, 5.41) is 17.2. The molecule has 0 spiro atoms. The number of hydrogen-bond acceptors (Lipinski definition) is 5. The van der Waals surface area contributed by atoms with Crippen molar-refractivity contribution in [3.63, 3.8) is 0 Å². The van der Waals surface area contributed by atoms with Crippen LogP contribution in [0.1, 0.15) is 19.4 Å². The van der Waals surface area contributed by atoms with E-state index in [-0.39, 0.29) is 6.04 Å². The summed E-state index contributed by atoms with van der Waals surface area (Å²) >= 11 is 0. The van der Waals surface area contributed by atoms with Gasteiger partial charge in [-0.2, -0.15) is 10.4 Å². The summed E-state index contributed by atoms with van der Waals surface area (Å²) < 4.78 is 0. The van der Waals surface area contributed by atoms with E-state index in [0.717, 1.165) is 39.0 Å². The van der Waals surface area contributed by atoms with E-state index in [9.17, 15) is 0 Å². The lowest BCUT2D eigenvalue weighted by molar-refractivity contribution is 0.744. The van der Waals surface area contributed by atoms with E-state index in [1.54, 1.807) is 18.3 Å². The van der Waals surface area contributed by atoms with Gasteiger partial charge in [0, 0.05) is 24.0 Å². The van der Waals surface area contributed by atoms with Crippen molar-refractivity contribution in [2.75, 3.05) is 11.9 Å². The molecule has 0 bridgehead atoms. The maximum absolute atomic E-state index is 9.16. The van der Waals surface area contributed by atoms with Gasteiger partial charge in [-0.3, -0.25) is 5.10 Å². The molecule has 0 aliphatic carbocycles. The fourth-order valence-electron chi connectivity index (χ4n) is 2.89. The maximum Gasteiger partial charge on any atom is 0.155 e. The van der Waals surface area contributed by atoms with Crippen LogP contribution in [-0.4, -0.2) is 33.3 Å². The highest BCUT2D eigenvalue weighted by Crippen LogP contribution is 2.31. The van der Waals surface area contributed by atoms with E-state index >= 15 is 0 Å². The number of anilines is 1. The van der Waals surface area contributed by atoms with Gasteiger partial charge in [0.2, 0.25) is 0 Å². The average Bonchev–Trinajstić information content (AvgIpc) is 3.13. The molecule has 26 heavy (non-hydrogen) atoms. The third kappa shape index (κ3) is 2.64. The number of nitrogens with one attached hydrogen (secondary N) is 1. The Morgan fingerprint density at radius 3 is 2.69 bits per heavy atom. The molecule has 2 heterocycles. The monoisotopic (exact) mass is 342 g/mol. The van der Waals surface area contributed by atoms with Gasteiger partial charge >= 0.3 is 0 Å². The number of hydrogen-bond donors (Lipinski definition) is 1. The number of nitriles is 1. The molecule has 128 valence electrons. The Bertz CT molecular complexity index is 1150. The molecule has 2 aromatic heterocycles. The number of aromatic amines is 1. The molecule has 0 amide bonds. The van der Waals surface area contributed by atoms with Crippen LogP contribution in [0.15, 0.2) is 42.6 Å². The van der Waals surface area contributed by atoms with Crippen LogP contribution in [0.25, 0.3) is 33.2 Å². The van der Waals surface area contributed by atoms with E-state index in [1.807, 2.05) is 25.2 Å². The second kappa shape index (κ2) is 6.12. The lowest BCUT2D eigenvalue weighted by atomic mass is 10.1. The highest BCUT2D eigenvalue weighted by Gasteiger charge is 2.17. The van der Waals surface area contributed by atoms with Crippen LogP contribution in [0.5, 0.6) is 0 Å². The van der Waals surface area contributed by atoms with Crippen molar-refractivity contribution in [3.8, 4) is 17.3 Å². The summed E-state index contributed by atoms with van der Waals surface area (Å²) in [4.78, 5) is 11.8. The van der Waals surface area contributed by atoms with E-state index < -0.39 is 0 Å². The summed E-state index contributed by atoms with van der Waals surface area (Å²) in [5.41, 5.74) is 4.87. The van der Waals surface area contributed by atoms with Gasteiger partial charge in [-0.15, -0.1) is 0 Å². The average molecular weight is 342 g/mol. The highest BCUT2D eigenvalue weighted by molar-refractivity contribution is 5.89. The van der Waals surface area contributed by atoms with Gasteiger partial charge in [0.1, 0.15) is 5.69 Å². The van der Waals surface area contributed by atoms with Crippen LogP contribution in [0, 0.1) is 11.3 Å². The number of fused-ring (bicyclic) bond motifs is 2. The molecule has 0 saturated carbocycles. The van der Waals surface area contributed by atoms with Crippen molar-refractivity contribution in [3.05, 3.63) is 48.2 Å². The number of rotatable bonds is 3. The molecular weight excluding hydrogens is 324 g/mol. The van der Waals surface area contributed by atoms with E-state index in [2.05, 4.69) is 41.1 Å². The van der Waals surface area contributed by atoms with Gasteiger partial charge in [-0.25, -0.2) is 9.97 Å². The zero-order chi connectivity index (χ0) is 18.3. The smallest absolute Gasteiger partial charge is 0.155 e. The Labute approximate surface area is 151 Å². The summed E-state index contributed by atoms with van der Waals surface area (Å²) in [7, 11) is 2.01. The Balaban J connectivity index is 1.98. The van der Waals surface area contributed by atoms with Crippen molar-refractivity contribution >= 4 is 27.8 Å². The molecule has 0 atom stereocenters. The maximum atomic E-state index is 9.16. The minimum Gasteiger partial charge on any atom is -0.355 e. The standard InChI is InChI=1S/C20H18N6/c1-12(2)26(3)20-19(14-5-7-16-15(9-14)11-22-25-16)23-17-6-4-13(10-21)8-18(17)24-20/h4-9,11-12H,1-3H3,(H,22,25). The molecule has 1 N–H and O–H groups in total. The summed E-state index contributed by atoms with van der Waals surface area (Å²) in [5.74, 6) is 0.797. The van der Waals surface area contributed by atoms with Crippen LogP contribution in [-0.2, 0) is 0 Å². The predicted molar refractivity (Wildman–Crippen MR) is 103 cm³/mol. The van der Waals surface area contributed by atoms with E-state index in [1.165, 1.54) is 0 Å². The third-order valence-corrected chi connectivity index (χ3v) is 4.60. The molecular formula is C20H18N6. The summed E-state index contributed by atoms with van der Waals surface area (Å²) in [6.45, 7) is 4.22. The van der Waals surface area contributed by atoms with Crippen LogP contribution >= 0.6 is 0 Å². The summed E-state index contributed by atoms with van der Waals surface area (Å²) in [6.07, 6.45) is 1.80. The van der Waals surface area contributed by atoms with Gasteiger partial charge in [0.05, 0.1) is 34.4 Å². The van der Waals surface area contributed by atoms with Crippen LogP contribution in [0.4, 0.5) is 5.82 Å². The fourth-order valence-corrected chi connectivity index (χ4v) is 2.89.